The molecule has 1 heterocycles. The van der Waals surface area contributed by atoms with E-state index >= 15 is 0 Å². The van der Waals surface area contributed by atoms with Crippen molar-refractivity contribution in [1.29, 1.82) is 0 Å². The number of benzene rings is 2. The Bertz CT molecular complexity index is 904. The van der Waals surface area contributed by atoms with E-state index in [2.05, 4.69) is 5.32 Å². The number of nitrogens with one attached hydrogen (secondary N) is 1. The molecule has 7 nitrogen and oxygen atoms in total. The van der Waals surface area contributed by atoms with Crippen molar-refractivity contribution in [3.8, 4) is 11.5 Å². The number of anilines is 1. The van der Waals surface area contributed by atoms with Crippen LogP contribution in [0.2, 0.25) is 10.0 Å². The van der Waals surface area contributed by atoms with Crippen molar-refractivity contribution in [2.75, 3.05) is 19.1 Å². The fourth-order valence-electron chi connectivity index (χ4n) is 2.51. The Hall–Kier alpha value is -2.64. The van der Waals surface area contributed by atoms with Gasteiger partial charge in [-0.05, 0) is 36.8 Å². The Morgan fingerprint density at radius 3 is 2.74 bits per heavy atom. The van der Waals surface area contributed by atoms with Crippen LogP contribution in [0.5, 0.6) is 11.5 Å². The largest absolute Gasteiger partial charge is 0.454 e. The average molecular weight is 411 g/mol. The number of hydrogen-bond donors (Lipinski definition) is 2. The summed E-state index contributed by atoms with van der Waals surface area (Å²) in [6.07, 6.45) is 0. The summed E-state index contributed by atoms with van der Waals surface area (Å²) in [4.78, 5) is 24.2. The van der Waals surface area contributed by atoms with E-state index < -0.39 is 18.5 Å². The van der Waals surface area contributed by atoms with E-state index in [1.165, 1.54) is 12.1 Å². The molecule has 0 saturated carbocycles. The molecule has 2 aromatic carbocycles. The maximum absolute atomic E-state index is 12.1. The standard InChI is InChI=1S/C18H16Cl2N2O5/c1-9(10-2-3-14-15(4-10)27-8-26-14)22-16(23)7-25-18(24)12-5-11(19)6-13(20)17(12)21/h2-6,9H,7-8,21H2,1H3,(H,22,23)/t9-/m0/s1. The van der Waals surface area contributed by atoms with Crippen molar-refractivity contribution < 1.29 is 23.8 Å². The molecule has 0 radical (unpaired) electrons. The van der Waals surface area contributed by atoms with Crippen molar-refractivity contribution >= 4 is 40.8 Å². The highest BCUT2D eigenvalue weighted by Gasteiger charge is 2.19. The molecule has 3 rings (SSSR count). The molecule has 0 saturated heterocycles. The van der Waals surface area contributed by atoms with E-state index in [-0.39, 0.29) is 34.1 Å². The van der Waals surface area contributed by atoms with Gasteiger partial charge in [0.05, 0.1) is 22.3 Å². The predicted molar refractivity (Wildman–Crippen MR) is 100 cm³/mol. The van der Waals surface area contributed by atoms with Gasteiger partial charge in [0, 0.05) is 5.02 Å². The Morgan fingerprint density at radius 2 is 1.96 bits per heavy atom. The Labute approximate surface area is 165 Å². The number of hydrogen-bond acceptors (Lipinski definition) is 6. The van der Waals surface area contributed by atoms with E-state index in [1.54, 1.807) is 19.1 Å². The Morgan fingerprint density at radius 1 is 1.22 bits per heavy atom. The second kappa shape index (κ2) is 7.94. The number of nitrogens with two attached hydrogens (primary N) is 1. The van der Waals surface area contributed by atoms with Crippen LogP contribution in [0.25, 0.3) is 0 Å². The molecule has 0 aliphatic carbocycles. The first-order chi connectivity index (χ1) is 12.8. The third-order valence-electron chi connectivity index (χ3n) is 3.92. The second-order valence-corrected chi connectivity index (χ2v) is 6.67. The first kappa shape index (κ1) is 19.1. The van der Waals surface area contributed by atoms with Crippen LogP contribution in [0, 0.1) is 0 Å². The van der Waals surface area contributed by atoms with Gasteiger partial charge < -0.3 is 25.3 Å². The van der Waals surface area contributed by atoms with Crippen LogP contribution < -0.4 is 20.5 Å². The minimum Gasteiger partial charge on any atom is -0.454 e. The number of rotatable bonds is 5. The molecular formula is C18H16Cl2N2O5. The van der Waals surface area contributed by atoms with Crippen molar-refractivity contribution in [2.45, 2.75) is 13.0 Å². The Balaban J connectivity index is 1.57. The van der Waals surface area contributed by atoms with Gasteiger partial charge in [0.15, 0.2) is 18.1 Å². The lowest BCUT2D eigenvalue weighted by molar-refractivity contribution is -0.124. The first-order valence-corrected chi connectivity index (χ1v) is 8.71. The van der Waals surface area contributed by atoms with Crippen LogP contribution in [0.3, 0.4) is 0 Å². The van der Waals surface area contributed by atoms with Gasteiger partial charge in [-0.25, -0.2) is 4.79 Å². The quantitative estimate of drug-likeness (QED) is 0.578. The van der Waals surface area contributed by atoms with Crippen LogP contribution >= 0.6 is 23.2 Å². The van der Waals surface area contributed by atoms with E-state index in [4.69, 9.17) is 43.1 Å². The third-order valence-corrected chi connectivity index (χ3v) is 4.45. The molecule has 0 spiro atoms. The molecule has 142 valence electrons. The van der Waals surface area contributed by atoms with Crippen LogP contribution in [-0.4, -0.2) is 25.3 Å². The first-order valence-electron chi connectivity index (χ1n) is 7.95. The Kier molecular flexibility index (Phi) is 5.62. The molecule has 1 aliphatic heterocycles. The molecule has 1 aliphatic rings. The van der Waals surface area contributed by atoms with Gasteiger partial charge in [0.1, 0.15) is 0 Å². The number of carbonyl (C=O) groups excluding carboxylic acids is 2. The minimum atomic E-state index is -0.789. The lowest BCUT2D eigenvalue weighted by Crippen LogP contribution is -2.31. The van der Waals surface area contributed by atoms with Gasteiger partial charge in [0.25, 0.3) is 5.91 Å². The lowest BCUT2D eigenvalue weighted by atomic mass is 10.1. The van der Waals surface area contributed by atoms with Gasteiger partial charge in [-0.2, -0.15) is 0 Å². The molecule has 2 aromatic rings. The average Bonchev–Trinajstić information content (AvgIpc) is 3.10. The normalized spacial score (nSPS) is 13.1. The zero-order chi connectivity index (χ0) is 19.6. The van der Waals surface area contributed by atoms with E-state index in [0.717, 1.165) is 5.56 Å². The molecule has 0 unspecified atom stereocenters. The van der Waals surface area contributed by atoms with Crippen molar-refractivity contribution in [3.63, 3.8) is 0 Å². The molecule has 0 bridgehead atoms. The number of fused-ring (bicyclic) bond motifs is 1. The number of carbonyl (C=O) groups is 2. The van der Waals surface area contributed by atoms with Gasteiger partial charge in [-0.1, -0.05) is 29.3 Å². The summed E-state index contributed by atoms with van der Waals surface area (Å²) in [6, 6.07) is 7.79. The van der Waals surface area contributed by atoms with Crippen molar-refractivity contribution in [1.82, 2.24) is 5.32 Å². The van der Waals surface area contributed by atoms with Crippen LogP contribution in [0.1, 0.15) is 28.9 Å². The zero-order valence-corrected chi connectivity index (χ0v) is 15.8. The molecule has 3 N–H and O–H groups in total. The topological polar surface area (TPSA) is 99.9 Å². The molecule has 27 heavy (non-hydrogen) atoms. The minimum absolute atomic E-state index is 0.00381. The number of ether oxygens (including phenoxy) is 3. The predicted octanol–water partition coefficient (Wildman–Crippen LogP) is 3.34. The summed E-state index contributed by atoms with van der Waals surface area (Å²) >= 11 is 11.7. The lowest BCUT2D eigenvalue weighted by Gasteiger charge is -2.15. The molecule has 1 amide bonds. The van der Waals surface area contributed by atoms with Gasteiger partial charge in [0.2, 0.25) is 6.79 Å². The fourth-order valence-corrected chi connectivity index (χ4v) is 3.00. The molecular weight excluding hydrogens is 395 g/mol. The smallest absolute Gasteiger partial charge is 0.340 e. The summed E-state index contributed by atoms with van der Waals surface area (Å²) in [6.45, 7) is 1.50. The molecule has 0 fully saturated rings. The van der Waals surface area contributed by atoms with Crippen LogP contribution in [-0.2, 0) is 9.53 Å². The van der Waals surface area contributed by atoms with Crippen LogP contribution in [0.4, 0.5) is 5.69 Å². The summed E-state index contributed by atoms with van der Waals surface area (Å²) in [7, 11) is 0. The summed E-state index contributed by atoms with van der Waals surface area (Å²) in [5, 5.41) is 3.11. The fraction of sp³-hybridized carbons (Fsp3) is 0.222. The maximum Gasteiger partial charge on any atom is 0.340 e. The number of esters is 1. The van der Waals surface area contributed by atoms with Crippen molar-refractivity contribution in [3.05, 3.63) is 51.5 Å². The summed E-state index contributed by atoms with van der Waals surface area (Å²) < 4.78 is 15.6. The number of halogens is 2. The summed E-state index contributed by atoms with van der Waals surface area (Å²) in [5.41, 5.74) is 6.62. The van der Waals surface area contributed by atoms with Gasteiger partial charge in [-0.15, -0.1) is 0 Å². The van der Waals surface area contributed by atoms with Gasteiger partial charge >= 0.3 is 5.97 Å². The highest BCUT2D eigenvalue weighted by atomic mass is 35.5. The third kappa shape index (κ3) is 4.37. The van der Waals surface area contributed by atoms with E-state index in [1.807, 2.05) is 6.07 Å². The van der Waals surface area contributed by atoms with Gasteiger partial charge in [-0.3, -0.25) is 4.79 Å². The number of amides is 1. The number of nitrogen functional groups attached to an aromatic ring is 1. The summed E-state index contributed by atoms with van der Waals surface area (Å²) in [5.74, 6) is 0.0142. The molecule has 9 heteroatoms. The highest BCUT2D eigenvalue weighted by Crippen LogP contribution is 2.34. The van der Waals surface area contributed by atoms with Crippen molar-refractivity contribution in [2.24, 2.45) is 0 Å². The second-order valence-electron chi connectivity index (χ2n) is 5.83. The molecule has 0 aromatic heterocycles. The SMILES string of the molecule is C[C@H](NC(=O)COC(=O)c1cc(Cl)cc(Cl)c1N)c1ccc2c(c1)OCO2. The zero-order valence-electron chi connectivity index (χ0n) is 14.3. The van der Waals surface area contributed by atoms with E-state index in [0.29, 0.717) is 11.5 Å². The van der Waals surface area contributed by atoms with Crippen LogP contribution in [0.15, 0.2) is 30.3 Å². The maximum atomic E-state index is 12.1. The monoisotopic (exact) mass is 410 g/mol. The highest BCUT2D eigenvalue weighted by molar-refractivity contribution is 6.37. The molecule has 1 atom stereocenters. The van der Waals surface area contributed by atoms with E-state index in [9.17, 15) is 9.59 Å².